The van der Waals surface area contributed by atoms with Crippen LogP contribution >= 0.6 is 0 Å². The van der Waals surface area contributed by atoms with Gasteiger partial charge in [-0.25, -0.2) is 0 Å². The summed E-state index contributed by atoms with van der Waals surface area (Å²) in [6.45, 7) is 15.7. The Morgan fingerprint density at radius 1 is 0.660 bits per heavy atom. The highest BCUT2D eigenvalue weighted by Gasteiger charge is 2.48. The number of fused-ring (bicyclic) bond motifs is 9. The molecule has 0 spiro atoms. The molecule has 50 heavy (non-hydrogen) atoms. The van der Waals surface area contributed by atoms with Crippen molar-refractivity contribution in [1.29, 1.82) is 0 Å². The van der Waals surface area contributed by atoms with Crippen molar-refractivity contribution in [3.8, 4) is 22.6 Å². The van der Waals surface area contributed by atoms with Gasteiger partial charge in [0.05, 0.1) is 23.3 Å². The highest BCUT2D eigenvalue weighted by molar-refractivity contribution is 6.93. The summed E-state index contributed by atoms with van der Waals surface area (Å²) in [5.41, 5.74) is 15.9. The fourth-order valence-electron chi connectivity index (χ4n) is 8.32. The van der Waals surface area contributed by atoms with Crippen LogP contribution in [0.1, 0.15) is 58.2 Å². The van der Waals surface area contributed by atoms with Gasteiger partial charge in [0.2, 0.25) is 0 Å². The number of aromatic nitrogens is 1. The van der Waals surface area contributed by atoms with Gasteiger partial charge < -0.3 is 18.9 Å². The van der Waals surface area contributed by atoms with Gasteiger partial charge in [0.15, 0.2) is 11.5 Å². The molecule has 3 aliphatic rings. The van der Waals surface area contributed by atoms with Crippen LogP contribution in [0.25, 0.3) is 33.1 Å². The molecular formula is C44H38BN3O2. The molecule has 0 radical (unpaired) electrons. The Kier molecular flexibility index (Phi) is 5.78. The van der Waals surface area contributed by atoms with Gasteiger partial charge in [-0.3, -0.25) is 4.98 Å². The van der Waals surface area contributed by atoms with Gasteiger partial charge in [-0.2, -0.15) is 0 Å². The standard InChI is InChI=1S/C44H38BN3O2/c1-25-18-31-32-20-27(44(5,6)7)21-40-42(32)48(34-23-38-30(22-39(34)50-40)29-10-8-9-11-37(29)49-38)45-33-16-17-46-24-36(33)47(35(19-25)41(31)45)28-14-12-26(13-15-28)43(2,3)4/h8-24H,1-7H3. The molecule has 0 unspecified atom stereocenters. The lowest BCUT2D eigenvalue weighted by molar-refractivity contribution is 0.475. The highest BCUT2D eigenvalue weighted by atomic mass is 16.5. The van der Waals surface area contributed by atoms with Crippen LogP contribution in [0, 0.1) is 6.92 Å². The number of rotatable bonds is 1. The van der Waals surface area contributed by atoms with E-state index < -0.39 is 0 Å². The Hall–Kier alpha value is -5.49. The summed E-state index contributed by atoms with van der Waals surface area (Å²) < 4.78 is 13.5. The summed E-state index contributed by atoms with van der Waals surface area (Å²) in [4.78, 5) is 9.64. The summed E-state index contributed by atoms with van der Waals surface area (Å²) in [6, 6.07) is 33.3. The number of furan rings is 1. The summed E-state index contributed by atoms with van der Waals surface area (Å²) in [7, 11) is 0. The quantitative estimate of drug-likeness (QED) is 0.165. The second-order valence-electron chi connectivity index (χ2n) is 16.2. The number of para-hydroxylation sites is 1. The van der Waals surface area contributed by atoms with Crippen LogP contribution in [0.4, 0.5) is 28.4 Å². The van der Waals surface area contributed by atoms with Gasteiger partial charge in [0.25, 0.3) is 0 Å². The van der Waals surface area contributed by atoms with Crippen molar-refractivity contribution in [3.05, 3.63) is 120 Å². The number of benzene rings is 5. The molecule has 0 fully saturated rings. The third-order valence-electron chi connectivity index (χ3n) is 10.8. The molecule has 0 amide bonds. The van der Waals surface area contributed by atoms with E-state index in [2.05, 4.69) is 137 Å². The molecule has 0 saturated carbocycles. The molecule has 0 bridgehead atoms. The molecule has 5 nitrogen and oxygen atoms in total. The first-order chi connectivity index (χ1) is 24.0. The summed E-state index contributed by atoms with van der Waals surface area (Å²) >= 11 is 0. The summed E-state index contributed by atoms with van der Waals surface area (Å²) in [5.74, 6) is 1.72. The third-order valence-corrected chi connectivity index (χ3v) is 10.8. The largest absolute Gasteiger partial charge is 0.456 e. The fourth-order valence-corrected chi connectivity index (χ4v) is 8.32. The Labute approximate surface area is 293 Å². The zero-order valence-electron chi connectivity index (χ0n) is 29.6. The van der Waals surface area contributed by atoms with Gasteiger partial charge in [0.1, 0.15) is 11.2 Å². The molecule has 0 N–H and O–H groups in total. The molecular weight excluding hydrogens is 613 g/mol. The first-order valence-corrected chi connectivity index (χ1v) is 17.6. The van der Waals surface area contributed by atoms with Gasteiger partial charge in [-0.05, 0) is 99.5 Å². The van der Waals surface area contributed by atoms with E-state index in [1.165, 1.54) is 44.4 Å². The Bertz CT molecular complexity index is 2570. The van der Waals surface area contributed by atoms with E-state index >= 15 is 0 Å². The lowest BCUT2D eigenvalue weighted by atomic mass is 9.43. The molecule has 3 aliphatic heterocycles. The maximum atomic E-state index is 6.98. The monoisotopic (exact) mass is 651 g/mol. The van der Waals surface area contributed by atoms with Crippen LogP contribution in [0.2, 0.25) is 0 Å². The third kappa shape index (κ3) is 4.05. The minimum atomic E-state index is -0.111. The zero-order chi connectivity index (χ0) is 34.3. The van der Waals surface area contributed by atoms with Crippen LogP contribution < -0.4 is 25.4 Å². The number of anilines is 5. The van der Waals surface area contributed by atoms with Crippen molar-refractivity contribution in [2.75, 3.05) is 9.71 Å². The molecule has 244 valence electrons. The van der Waals surface area contributed by atoms with Crippen LogP contribution in [0.5, 0.6) is 11.5 Å². The molecule has 10 rings (SSSR count). The average molecular weight is 652 g/mol. The summed E-state index contributed by atoms with van der Waals surface area (Å²) in [6.07, 6.45) is 3.96. The number of nitrogens with zero attached hydrogens (tertiary/aromatic N) is 3. The summed E-state index contributed by atoms with van der Waals surface area (Å²) in [5, 5.41) is 2.15. The van der Waals surface area contributed by atoms with E-state index in [4.69, 9.17) is 14.1 Å². The second-order valence-corrected chi connectivity index (χ2v) is 16.2. The molecule has 0 saturated heterocycles. The van der Waals surface area contributed by atoms with E-state index in [-0.39, 0.29) is 17.7 Å². The molecule has 0 aliphatic carbocycles. The Morgan fingerprint density at radius 2 is 1.44 bits per heavy atom. The molecule has 5 heterocycles. The zero-order valence-corrected chi connectivity index (χ0v) is 29.6. The number of hydrogen-bond acceptors (Lipinski definition) is 5. The minimum absolute atomic E-state index is 0.0641. The van der Waals surface area contributed by atoms with Crippen molar-refractivity contribution in [1.82, 2.24) is 4.98 Å². The average Bonchev–Trinajstić information content (AvgIpc) is 3.45. The SMILES string of the molecule is Cc1cc2c3c(c1)N(c1ccc(C(C)(C)C)cc1)c1cnccc1B3N1c3cc4oc5ccccc5c4cc3Oc3cc(C(C)(C)C)cc-2c31. The molecule has 2 aromatic heterocycles. The second kappa shape index (κ2) is 9.82. The van der Waals surface area contributed by atoms with Gasteiger partial charge in [-0.15, -0.1) is 0 Å². The Balaban J connectivity index is 1.30. The van der Waals surface area contributed by atoms with E-state index in [1.807, 2.05) is 24.5 Å². The van der Waals surface area contributed by atoms with Gasteiger partial charge >= 0.3 is 6.85 Å². The van der Waals surface area contributed by atoms with E-state index in [9.17, 15) is 0 Å². The van der Waals surface area contributed by atoms with Crippen LogP contribution in [0.15, 0.2) is 108 Å². The predicted octanol–water partition coefficient (Wildman–Crippen LogP) is 10.7. The van der Waals surface area contributed by atoms with Gasteiger partial charge in [0, 0.05) is 40.0 Å². The first-order valence-electron chi connectivity index (χ1n) is 17.6. The normalized spacial score (nSPS) is 14.3. The molecule has 7 aromatic rings. The van der Waals surface area contributed by atoms with E-state index in [0.29, 0.717) is 0 Å². The lowest BCUT2D eigenvalue weighted by Gasteiger charge is -2.48. The van der Waals surface area contributed by atoms with Crippen molar-refractivity contribution in [2.24, 2.45) is 0 Å². The van der Waals surface area contributed by atoms with Crippen LogP contribution in [-0.2, 0) is 10.8 Å². The molecule has 5 aromatic carbocycles. The predicted molar refractivity (Wildman–Crippen MR) is 207 cm³/mol. The maximum Gasteiger partial charge on any atom is 0.333 e. The fraction of sp³-hybridized carbons (Fsp3) is 0.205. The van der Waals surface area contributed by atoms with Crippen molar-refractivity contribution in [2.45, 2.75) is 59.3 Å². The van der Waals surface area contributed by atoms with Crippen LogP contribution in [0.3, 0.4) is 0 Å². The van der Waals surface area contributed by atoms with E-state index in [1.54, 1.807) is 0 Å². The van der Waals surface area contributed by atoms with Crippen molar-refractivity contribution < 1.29 is 9.15 Å². The molecule has 6 heteroatoms. The number of hydrogen-bond donors (Lipinski definition) is 0. The first kappa shape index (κ1) is 29.4. The maximum absolute atomic E-state index is 6.98. The number of ether oxygens (including phenoxy) is 1. The topological polar surface area (TPSA) is 41.7 Å². The van der Waals surface area contributed by atoms with Crippen molar-refractivity contribution in [3.63, 3.8) is 0 Å². The molecule has 0 atom stereocenters. The van der Waals surface area contributed by atoms with Crippen LogP contribution in [-0.4, -0.2) is 11.8 Å². The Morgan fingerprint density at radius 3 is 2.22 bits per heavy atom. The number of pyridine rings is 1. The number of aryl methyl sites for hydroxylation is 1. The highest BCUT2D eigenvalue weighted by Crippen LogP contribution is 2.57. The lowest BCUT2D eigenvalue weighted by Crippen LogP contribution is -2.62. The van der Waals surface area contributed by atoms with E-state index in [0.717, 1.165) is 56.2 Å². The minimum Gasteiger partial charge on any atom is -0.456 e. The van der Waals surface area contributed by atoms with Gasteiger partial charge in [-0.1, -0.05) is 77.9 Å². The smallest absolute Gasteiger partial charge is 0.333 e. The van der Waals surface area contributed by atoms with Crippen molar-refractivity contribution >= 4 is 68.1 Å².